The number of hydrogen-bond acceptors (Lipinski definition) is 4. The SMILES string of the molecule is CCCNCc1nnnn1-c1cc(Cl)ccc1Br. The molecule has 0 spiro atoms. The van der Waals surface area contributed by atoms with Crippen molar-refractivity contribution in [3.8, 4) is 5.69 Å². The van der Waals surface area contributed by atoms with Crippen LogP contribution in [0, 0.1) is 0 Å². The second-order valence-corrected chi connectivity index (χ2v) is 5.07. The van der Waals surface area contributed by atoms with Crippen molar-refractivity contribution in [1.29, 1.82) is 0 Å². The van der Waals surface area contributed by atoms with Crippen molar-refractivity contribution in [3.63, 3.8) is 0 Å². The Hall–Kier alpha value is -0.980. The summed E-state index contributed by atoms with van der Waals surface area (Å²) >= 11 is 9.47. The summed E-state index contributed by atoms with van der Waals surface area (Å²) in [5.74, 6) is 0.756. The van der Waals surface area contributed by atoms with E-state index in [-0.39, 0.29) is 0 Å². The molecule has 1 heterocycles. The number of rotatable bonds is 5. The van der Waals surface area contributed by atoms with E-state index in [1.165, 1.54) is 0 Å². The molecule has 0 aliphatic rings. The molecule has 7 heteroatoms. The summed E-state index contributed by atoms with van der Waals surface area (Å²) in [5, 5.41) is 15.6. The highest BCUT2D eigenvalue weighted by atomic mass is 79.9. The van der Waals surface area contributed by atoms with Gasteiger partial charge in [-0.2, -0.15) is 4.68 Å². The van der Waals surface area contributed by atoms with E-state index in [1.807, 2.05) is 18.2 Å². The number of aromatic nitrogens is 4. The largest absolute Gasteiger partial charge is 0.310 e. The van der Waals surface area contributed by atoms with Crippen LogP contribution in [0.3, 0.4) is 0 Å². The van der Waals surface area contributed by atoms with Gasteiger partial charge in [0.2, 0.25) is 0 Å². The topological polar surface area (TPSA) is 55.6 Å². The summed E-state index contributed by atoms with van der Waals surface area (Å²) in [6, 6.07) is 5.52. The van der Waals surface area contributed by atoms with Gasteiger partial charge in [0.25, 0.3) is 0 Å². The molecule has 0 unspecified atom stereocenters. The van der Waals surface area contributed by atoms with Crippen LogP contribution in [0.4, 0.5) is 0 Å². The van der Waals surface area contributed by atoms with Gasteiger partial charge in [-0.1, -0.05) is 18.5 Å². The van der Waals surface area contributed by atoms with Crippen LogP contribution in [-0.2, 0) is 6.54 Å². The molecule has 5 nitrogen and oxygen atoms in total. The molecule has 0 saturated carbocycles. The van der Waals surface area contributed by atoms with Crippen molar-refractivity contribution in [2.24, 2.45) is 0 Å². The maximum atomic E-state index is 5.99. The van der Waals surface area contributed by atoms with Crippen LogP contribution in [0.25, 0.3) is 5.69 Å². The summed E-state index contributed by atoms with van der Waals surface area (Å²) < 4.78 is 2.58. The standard InChI is InChI=1S/C11H13BrClN5/c1-2-5-14-7-11-15-16-17-18(11)10-6-8(13)3-4-9(10)12/h3-4,6,14H,2,5,7H2,1H3. The molecule has 2 rings (SSSR count). The zero-order valence-electron chi connectivity index (χ0n) is 9.90. The molecule has 2 aromatic rings. The Morgan fingerprint density at radius 1 is 1.44 bits per heavy atom. The fraction of sp³-hybridized carbons (Fsp3) is 0.364. The molecule has 18 heavy (non-hydrogen) atoms. The Balaban J connectivity index is 2.27. The Morgan fingerprint density at radius 2 is 2.28 bits per heavy atom. The first-order chi connectivity index (χ1) is 8.72. The summed E-state index contributed by atoms with van der Waals surface area (Å²) in [4.78, 5) is 0. The zero-order valence-corrected chi connectivity index (χ0v) is 12.2. The first-order valence-electron chi connectivity index (χ1n) is 5.65. The van der Waals surface area contributed by atoms with Gasteiger partial charge in [-0.3, -0.25) is 0 Å². The van der Waals surface area contributed by atoms with E-state index in [1.54, 1.807) is 4.68 Å². The maximum absolute atomic E-state index is 5.99. The van der Waals surface area contributed by atoms with Gasteiger partial charge >= 0.3 is 0 Å². The summed E-state index contributed by atoms with van der Waals surface area (Å²) in [5.41, 5.74) is 0.834. The smallest absolute Gasteiger partial charge is 0.170 e. The number of hydrogen-bond donors (Lipinski definition) is 1. The second kappa shape index (κ2) is 6.26. The van der Waals surface area contributed by atoms with Crippen LogP contribution < -0.4 is 5.32 Å². The molecule has 0 saturated heterocycles. The predicted molar refractivity (Wildman–Crippen MR) is 73.9 cm³/mol. The van der Waals surface area contributed by atoms with E-state index in [2.05, 4.69) is 43.7 Å². The number of nitrogens with zero attached hydrogens (tertiary/aromatic N) is 4. The normalized spacial score (nSPS) is 10.8. The van der Waals surface area contributed by atoms with Crippen LogP contribution in [0.1, 0.15) is 19.2 Å². The van der Waals surface area contributed by atoms with Crippen LogP contribution in [0.15, 0.2) is 22.7 Å². The number of halogens is 2. The van der Waals surface area contributed by atoms with Crippen molar-refractivity contribution < 1.29 is 0 Å². The third kappa shape index (κ3) is 3.07. The lowest BCUT2D eigenvalue weighted by atomic mass is 10.3. The Kier molecular flexibility index (Phi) is 4.68. The fourth-order valence-electron chi connectivity index (χ4n) is 1.53. The molecule has 0 fully saturated rings. The van der Waals surface area contributed by atoms with Crippen molar-refractivity contribution in [2.75, 3.05) is 6.54 Å². The molecule has 0 aliphatic carbocycles. The van der Waals surface area contributed by atoms with E-state index in [0.29, 0.717) is 11.6 Å². The lowest BCUT2D eigenvalue weighted by Gasteiger charge is -2.07. The minimum Gasteiger partial charge on any atom is -0.310 e. The van der Waals surface area contributed by atoms with Gasteiger partial charge in [-0.05, 0) is 57.5 Å². The van der Waals surface area contributed by atoms with Crippen molar-refractivity contribution >= 4 is 27.5 Å². The molecule has 0 atom stereocenters. The number of nitrogens with one attached hydrogen (secondary N) is 1. The summed E-state index contributed by atoms with van der Waals surface area (Å²) in [6.45, 7) is 3.67. The summed E-state index contributed by atoms with van der Waals surface area (Å²) in [6.07, 6.45) is 1.07. The van der Waals surface area contributed by atoms with E-state index >= 15 is 0 Å². The molecule has 1 aromatic heterocycles. The van der Waals surface area contributed by atoms with Crippen LogP contribution in [0.5, 0.6) is 0 Å². The molecule has 1 N–H and O–H groups in total. The average Bonchev–Trinajstić information content (AvgIpc) is 2.81. The molecule has 0 radical (unpaired) electrons. The van der Waals surface area contributed by atoms with Gasteiger partial charge in [0, 0.05) is 9.50 Å². The maximum Gasteiger partial charge on any atom is 0.170 e. The highest BCUT2D eigenvalue weighted by Gasteiger charge is 2.11. The molecule has 1 aromatic carbocycles. The van der Waals surface area contributed by atoms with Gasteiger partial charge in [0.05, 0.1) is 12.2 Å². The van der Waals surface area contributed by atoms with Gasteiger partial charge < -0.3 is 5.32 Å². The summed E-state index contributed by atoms with van der Waals surface area (Å²) in [7, 11) is 0. The van der Waals surface area contributed by atoms with Gasteiger partial charge in [-0.15, -0.1) is 5.10 Å². The van der Waals surface area contributed by atoms with E-state index in [4.69, 9.17) is 11.6 Å². The minimum absolute atomic E-state index is 0.625. The number of tetrazole rings is 1. The van der Waals surface area contributed by atoms with E-state index < -0.39 is 0 Å². The average molecular weight is 331 g/mol. The van der Waals surface area contributed by atoms with Crippen LogP contribution in [-0.4, -0.2) is 26.8 Å². The van der Waals surface area contributed by atoms with E-state index in [9.17, 15) is 0 Å². The molecule has 0 bridgehead atoms. The highest BCUT2D eigenvalue weighted by molar-refractivity contribution is 9.10. The zero-order chi connectivity index (χ0) is 13.0. The van der Waals surface area contributed by atoms with Crippen molar-refractivity contribution in [1.82, 2.24) is 25.5 Å². The Labute approximate surface area is 119 Å². The van der Waals surface area contributed by atoms with Gasteiger partial charge in [0.1, 0.15) is 0 Å². The third-order valence-electron chi connectivity index (χ3n) is 2.38. The lowest BCUT2D eigenvalue weighted by molar-refractivity contribution is 0.632. The van der Waals surface area contributed by atoms with Gasteiger partial charge in [-0.25, -0.2) is 0 Å². The Morgan fingerprint density at radius 3 is 3.06 bits per heavy atom. The Bertz CT molecular complexity index is 528. The van der Waals surface area contributed by atoms with Crippen molar-refractivity contribution in [2.45, 2.75) is 19.9 Å². The molecular weight excluding hydrogens is 318 g/mol. The predicted octanol–water partition coefficient (Wildman–Crippen LogP) is 2.58. The second-order valence-electron chi connectivity index (χ2n) is 3.78. The van der Waals surface area contributed by atoms with Crippen LogP contribution in [0.2, 0.25) is 5.02 Å². The minimum atomic E-state index is 0.625. The van der Waals surface area contributed by atoms with Crippen LogP contribution >= 0.6 is 27.5 Å². The lowest BCUT2D eigenvalue weighted by Crippen LogP contribution is -2.17. The monoisotopic (exact) mass is 329 g/mol. The highest BCUT2D eigenvalue weighted by Crippen LogP contribution is 2.24. The molecule has 0 amide bonds. The first kappa shape index (κ1) is 13.5. The first-order valence-corrected chi connectivity index (χ1v) is 6.83. The quantitative estimate of drug-likeness (QED) is 0.856. The fourth-order valence-corrected chi connectivity index (χ4v) is 2.11. The third-order valence-corrected chi connectivity index (χ3v) is 3.29. The number of benzene rings is 1. The molecule has 0 aliphatic heterocycles. The van der Waals surface area contributed by atoms with Crippen molar-refractivity contribution in [3.05, 3.63) is 33.5 Å². The molecular formula is C11H13BrClN5. The molecule has 96 valence electrons. The van der Waals surface area contributed by atoms with E-state index in [0.717, 1.165) is 29.0 Å². The van der Waals surface area contributed by atoms with Gasteiger partial charge in [0.15, 0.2) is 5.82 Å².